The predicted octanol–water partition coefficient (Wildman–Crippen LogP) is 8.11. The Labute approximate surface area is 302 Å². The molecule has 0 fully saturated rings. The highest BCUT2D eigenvalue weighted by atomic mass is 16.5. The lowest BCUT2D eigenvalue weighted by Crippen LogP contribution is -2.10. The molecule has 0 aliphatic heterocycles. The maximum absolute atomic E-state index is 13.9. The van der Waals surface area contributed by atoms with E-state index < -0.39 is 11.5 Å². The lowest BCUT2D eigenvalue weighted by molar-refractivity contribution is 0.0976. The van der Waals surface area contributed by atoms with E-state index in [9.17, 15) is 35.4 Å². The van der Waals surface area contributed by atoms with Gasteiger partial charge in [0.25, 0.3) is 0 Å². The highest BCUT2D eigenvalue weighted by molar-refractivity contribution is 6.03. The van der Waals surface area contributed by atoms with Crippen molar-refractivity contribution in [1.29, 1.82) is 0 Å². The number of Topliss-reactive ketones (excluding diaryl/α,β-unsaturated/α-hetero) is 1. The van der Waals surface area contributed by atoms with Crippen LogP contribution in [0, 0.1) is 0 Å². The highest BCUT2D eigenvalue weighted by Gasteiger charge is 2.29. The highest BCUT2D eigenvalue weighted by Crippen LogP contribution is 2.46. The van der Waals surface area contributed by atoms with Gasteiger partial charge in [-0.3, -0.25) is 4.79 Å². The molecule has 6 aromatic carbocycles. The SMILES string of the molecule is COc1c(Cc2cc(Cc3cc(Cc4ccccc4O)ccc3O)ccc2O)c(O)c(Cc2ccccc2O)c(O)c1C(=O)CCc1ccccc1. The number of methoxy groups -OCH3 is 1. The van der Waals surface area contributed by atoms with Gasteiger partial charge in [-0.2, -0.15) is 0 Å². The third-order valence-corrected chi connectivity index (χ3v) is 9.36. The molecule has 6 rings (SSSR count). The van der Waals surface area contributed by atoms with Crippen molar-refractivity contribution in [2.45, 2.75) is 38.5 Å². The van der Waals surface area contributed by atoms with E-state index in [0.29, 0.717) is 36.0 Å². The van der Waals surface area contributed by atoms with Crippen LogP contribution in [-0.4, -0.2) is 43.5 Å². The molecule has 0 bridgehead atoms. The number of carbonyl (C=O) groups excluding carboxylic acids is 1. The summed E-state index contributed by atoms with van der Waals surface area (Å²) in [6.45, 7) is 0. The molecule has 0 spiro atoms. The Kier molecular flexibility index (Phi) is 10.7. The van der Waals surface area contributed by atoms with Gasteiger partial charge in [-0.15, -0.1) is 0 Å². The standard InChI is InChI=1S/C44H40O8/c1-52-44-35(26-33-24-29(17-19-39(33)48)23-32-22-28(16-18-38(32)47)21-30-11-5-7-13-36(30)45)42(50)34(25-31-12-6-8-14-37(31)46)43(51)41(44)40(49)20-15-27-9-3-2-4-10-27/h2-14,16-19,22,24,45-48,50-51H,15,20-21,23,25-26H2,1H3. The van der Waals surface area contributed by atoms with Crippen LogP contribution in [0.4, 0.5) is 0 Å². The summed E-state index contributed by atoms with van der Waals surface area (Å²) >= 11 is 0. The first-order chi connectivity index (χ1) is 25.1. The summed E-state index contributed by atoms with van der Waals surface area (Å²) in [6, 6.07) is 33.5. The number of hydrogen-bond acceptors (Lipinski definition) is 8. The summed E-state index contributed by atoms with van der Waals surface area (Å²) in [5.41, 5.74) is 4.99. The molecule has 0 aliphatic rings. The number of benzene rings is 6. The fourth-order valence-corrected chi connectivity index (χ4v) is 6.58. The third-order valence-electron chi connectivity index (χ3n) is 9.36. The molecule has 6 N–H and O–H groups in total. The number of carbonyl (C=O) groups is 1. The minimum absolute atomic E-state index is 0.00610. The van der Waals surface area contributed by atoms with Crippen molar-refractivity contribution < 1.29 is 40.2 Å². The van der Waals surface area contributed by atoms with E-state index in [-0.39, 0.29) is 70.4 Å². The van der Waals surface area contributed by atoms with Gasteiger partial charge in [-0.1, -0.05) is 91.0 Å². The summed E-state index contributed by atoms with van der Waals surface area (Å²) in [5, 5.41) is 65.9. The fourth-order valence-electron chi connectivity index (χ4n) is 6.58. The lowest BCUT2D eigenvalue weighted by Gasteiger charge is -2.21. The summed E-state index contributed by atoms with van der Waals surface area (Å²) in [6.07, 6.45) is 1.10. The number of hydrogen-bond donors (Lipinski definition) is 6. The van der Waals surface area contributed by atoms with Crippen LogP contribution in [0.2, 0.25) is 0 Å². The summed E-state index contributed by atoms with van der Waals surface area (Å²) in [4.78, 5) is 13.9. The molecule has 0 atom stereocenters. The normalized spacial score (nSPS) is 11.0. The van der Waals surface area contributed by atoms with Gasteiger partial charge in [0.15, 0.2) is 5.78 Å². The first kappa shape index (κ1) is 35.4. The molecule has 6 aromatic rings. The van der Waals surface area contributed by atoms with Crippen LogP contribution in [0.1, 0.15) is 66.8 Å². The van der Waals surface area contributed by atoms with Crippen molar-refractivity contribution in [3.63, 3.8) is 0 Å². The van der Waals surface area contributed by atoms with Gasteiger partial charge in [-0.05, 0) is 69.6 Å². The van der Waals surface area contributed by atoms with Crippen LogP contribution in [-0.2, 0) is 32.1 Å². The monoisotopic (exact) mass is 696 g/mol. The van der Waals surface area contributed by atoms with Gasteiger partial charge in [0.05, 0.1) is 7.11 Å². The molecule has 0 saturated heterocycles. The predicted molar refractivity (Wildman–Crippen MR) is 199 cm³/mol. The smallest absolute Gasteiger partial charge is 0.170 e. The van der Waals surface area contributed by atoms with Gasteiger partial charge in [0.1, 0.15) is 45.8 Å². The van der Waals surface area contributed by atoms with E-state index in [1.165, 1.54) is 19.2 Å². The van der Waals surface area contributed by atoms with Crippen molar-refractivity contribution in [3.05, 3.63) is 171 Å². The molecule has 0 unspecified atom stereocenters. The first-order valence-corrected chi connectivity index (χ1v) is 17.0. The van der Waals surface area contributed by atoms with Gasteiger partial charge < -0.3 is 35.4 Å². The maximum Gasteiger partial charge on any atom is 0.170 e. The van der Waals surface area contributed by atoms with Crippen LogP contribution in [0.3, 0.4) is 0 Å². The zero-order valence-electron chi connectivity index (χ0n) is 28.7. The van der Waals surface area contributed by atoms with Crippen LogP contribution in [0.25, 0.3) is 0 Å². The third kappa shape index (κ3) is 7.81. The molecule has 0 radical (unpaired) electrons. The van der Waals surface area contributed by atoms with Crippen molar-refractivity contribution in [3.8, 4) is 40.2 Å². The summed E-state index contributed by atoms with van der Waals surface area (Å²) < 4.78 is 5.74. The molecule has 8 nitrogen and oxygen atoms in total. The number of phenolic OH excluding ortho intramolecular Hbond substituents is 6. The Morgan fingerprint density at radius 1 is 0.500 bits per heavy atom. The number of ketones is 1. The molecule has 8 heteroatoms. The molecule has 52 heavy (non-hydrogen) atoms. The van der Waals surface area contributed by atoms with Crippen LogP contribution in [0.15, 0.2) is 115 Å². The number of phenols is 6. The lowest BCUT2D eigenvalue weighted by atomic mass is 9.89. The molecule has 0 saturated carbocycles. The van der Waals surface area contributed by atoms with Gasteiger partial charge >= 0.3 is 0 Å². The zero-order chi connectivity index (χ0) is 36.8. The second-order valence-corrected chi connectivity index (χ2v) is 12.9. The van der Waals surface area contributed by atoms with Crippen molar-refractivity contribution in [2.24, 2.45) is 0 Å². The van der Waals surface area contributed by atoms with Crippen LogP contribution >= 0.6 is 0 Å². The Bertz CT molecular complexity index is 2230. The van der Waals surface area contributed by atoms with Gasteiger partial charge in [0.2, 0.25) is 0 Å². The summed E-state index contributed by atoms with van der Waals surface area (Å²) in [5.74, 6) is -0.959. The average molecular weight is 697 g/mol. The number of ether oxygens (including phenoxy) is 1. The number of aromatic hydroxyl groups is 6. The number of aryl methyl sites for hydroxylation is 1. The van der Waals surface area contributed by atoms with Gasteiger partial charge in [-0.25, -0.2) is 0 Å². The Morgan fingerprint density at radius 3 is 1.56 bits per heavy atom. The van der Waals surface area contributed by atoms with Crippen molar-refractivity contribution in [1.82, 2.24) is 0 Å². The first-order valence-electron chi connectivity index (χ1n) is 17.0. The van der Waals surface area contributed by atoms with Crippen LogP contribution in [0.5, 0.6) is 40.2 Å². The molecular weight excluding hydrogens is 656 g/mol. The van der Waals surface area contributed by atoms with Gasteiger partial charge in [0, 0.05) is 43.2 Å². The summed E-state index contributed by atoms with van der Waals surface area (Å²) in [7, 11) is 1.36. The Balaban J connectivity index is 1.37. The van der Waals surface area contributed by atoms with E-state index in [1.54, 1.807) is 54.6 Å². The zero-order valence-corrected chi connectivity index (χ0v) is 28.7. The average Bonchev–Trinajstić information content (AvgIpc) is 3.14. The van der Waals surface area contributed by atoms with E-state index in [1.807, 2.05) is 48.5 Å². The minimum Gasteiger partial charge on any atom is -0.508 e. The molecule has 0 heterocycles. The molecule has 0 aromatic heterocycles. The quantitative estimate of drug-likeness (QED) is 0.0664. The maximum atomic E-state index is 13.9. The van der Waals surface area contributed by atoms with E-state index in [4.69, 9.17) is 4.74 Å². The minimum atomic E-state index is -0.434. The van der Waals surface area contributed by atoms with Crippen molar-refractivity contribution in [2.75, 3.05) is 7.11 Å². The molecule has 0 amide bonds. The second kappa shape index (κ2) is 15.6. The van der Waals surface area contributed by atoms with E-state index >= 15 is 0 Å². The van der Waals surface area contributed by atoms with Crippen LogP contribution < -0.4 is 4.74 Å². The Morgan fingerprint density at radius 2 is 0.981 bits per heavy atom. The van der Waals surface area contributed by atoms with E-state index in [0.717, 1.165) is 22.3 Å². The number of rotatable bonds is 13. The fraction of sp³-hybridized carbons (Fsp3) is 0.159. The molecular formula is C44H40O8. The van der Waals surface area contributed by atoms with E-state index in [2.05, 4.69) is 0 Å². The Hall–Kier alpha value is -6.41. The van der Waals surface area contributed by atoms with Crippen molar-refractivity contribution >= 4 is 5.78 Å². The molecule has 264 valence electrons. The number of para-hydroxylation sites is 2. The largest absolute Gasteiger partial charge is 0.508 e. The topological polar surface area (TPSA) is 148 Å². The molecule has 0 aliphatic carbocycles. The second-order valence-electron chi connectivity index (χ2n) is 12.9.